The zero-order chi connectivity index (χ0) is 9.14. The molecule has 0 N–H and O–H groups in total. The van der Waals surface area contributed by atoms with Gasteiger partial charge in [0.2, 0.25) is 0 Å². The van der Waals surface area contributed by atoms with Gasteiger partial charge in [0.05, 0.1) is 0 Å². The van der Waals surface area contributed by atoms with E-state index in [-0.39, 0.29) is 11.6 Å². The highest BCUT2D eigenvalue weighted by atomic mass is 16.1. The topological polar surface area (TPSA) is 22.0 Å². The first kappa shape index (κ1) is 8.61. The van der Waals surface area contributed by atoms with Crippen molar-refractivity contribution in [3.05, 3.63) is 34.2 Å². The normalized spacial score (nSPS) is 9.83. The van der Waals surface area contributed by atoms with Crippen LogP contribution in [0.15, 0.2) is 23.1 Å². The van der Waals surface area contributed by atoms with E-state index < -0.39 is 0 Å². The van der Waals surface area contributed by atoms with Crippen LogP contribution in [0.1, 0.15) is 25.5 Å². The second-order valence-electron chi connectivity index (χ2n) is 2.90. The van der Waals surface area contributed by atoms with Gasteiger partial charge in [-0.3, -0.25) is 4.79 Å². The van der Waals surface area contributed by atoms with Crippen LogP contribution in [0.25, 0.3) is 0 Å². The highest BCUT2D eigenvalue weighted by Gasteiger charge is 1.99. The molecule has 0 saturated heterocycles. The fraction of sp³-hybridized carbons (Fsp3) is 0.300. The van der Waals surface area contributed by atoms with Crippen molar-refractivity contribution < 1.29 is 0 Å². The lowest BCUT2D eigenvalue weighted by molar-refractivity contribution is 0.577. The van der Waals surface area contributed by atoms with Gasteiger partial charge < -0.3 is 4.57 Å². The molecular weight excluding hydrogens is 150 g/mol. The van der Waals surface area contributed by atoms with Crippen LogP contribution in [0.3, 0.4) is 0 Å². The molecule has 0 aliphatic rings. The van der Waals surface area contributed by atoms with Gasteiger partial charge in [-0.05, 0) is 19.9 Å². The molecule has 2 heteroatoms. The Hall–Kier alpha value is -1.49. The van der Waals surface area contributed by atoms with Gasteiger partial charge in [-0.25, -0.2) is 0 Å². The second kappa shape index (κ2) is 3.27. The van der Waals surface area contributed by atoms with Crippen LogP contribution in [-0.2, 0) is 0 Å². The van der Waals surface area contributed by atoms with Gasteiger partial charge in [0.1, 0.15) is 0 Å². The zero-order valence-electron chi connectivity index (χ0n) is 7.24. The molecule has 1 aromatic heterocycles. The molecule has 0 aromatic carbocycles. The van der Waals surface area contributed by atoms with Crippen LogP contribution in [-0.4, -0.2) is 4.57 Å². The Morgan fingerprint density at radius 3 is 2.67 bits per heavy atom. The van der Waals surface area contributed by atoms with E-state index in [0.29, 0.717) is 0 Å². The summed E-state index contributed by atoms with van der Waals surface area (Å²) in [5.74, 6) is 2.49. The minimum Gasteiger partial charge on any atom is -0.312 e. The maximum Gasteiger partial charge on any atom is 0.250 e. The first-order chi connectivity index (χ1) is 5.65. The molecule has 0 aliphatic carbocycles. The van der Waals surface area contributed by atoms with Gasteiger partial charge in [0, 0.05) is 23.9 Å². The molecule has 0 spiro atoms. The molecular formula is C10H11NO. The standard InChI is InChI=1S/C10H11NO/c1-4-9-5-6-10(12)11(7-9)8(2)3/h1,5-8H,2-3H3. The third-order valence-corrected chi connectivity index (χ3v) is 1.66. The number of rotatable bonds is 1. The third kappa shape index (κ3) is 1.57. The maximum absolute atomic E-state index is 11.2. The molecule has 62 valence electrons. The Kier molecular flexibility index (Phi) is 2.35. The van der Waals surface area contributed by atoms with Crippen LogP contribution in [0.2, 0.25) is 0 Å². The molecule has 0 bridgehead atoms. The summed E-state index contributed by atoms with van der Waals surface area (Å²) in [7, 11) is 0. The van der Waals surface area contributed by atoms with Crippen molar-refractivity contribution in [1.29, 1.82) is 0 Å². The van der Waals surface area contributed by atoms with E-state index in [9.17, 15) is 4.79 Å². The summed E-state index contributed by atoms with van der Waals surface area (Å²) in [5.41, 5.74) is 0.729. The van der Waals surface area contributed by atoms with Gasteiger partial charge >= 0.3 is 0 Å². The average molecular weight is 161 g/mol. The lowest BCUT2D eigenvalue weighted by Crippen LogP contribution is -2.20. The Bertz CT molecular complexity index is 368. The Balaban J connectivity index is 3.29. The first-order valence-electron chi connectivity index (χ1n) is 3.84. The first-order valence-corrected chi connectivity index (χ1v) is 3.84. The lowest BCUT2D eigenvalue weighted by atomic mass is 10.2. The van der Waals surface area contributed by atoms with Crippen molar-refractivity contribution in [2.24, 2.45) is 0 Å². The molecule has 0 fully saturated rings. The fourth-order valence-electron chi connectivity index (χ4n) is 0.993. The minimum atomic E-state index is -0.0102. The van der Waals surface area contributed by atoms with Gasteiger partial charge in [-0.1, -0.05) is 5.92 Å². The smallest absolute Gasteiger partial charge is 0.250 e. The van der Waals surface area contributed by atoms with Gasteiger partial charge in [-0.2, -0.15) is 0 Å². The molecule has 0 atom stereocenters. The fourth-order valence-corrected chi connectivity index (χ4v) is 0.993. The van der Waals surface area contributed by atoms with Crippen molar-refractivity contribution >= 4 is 0 Å². The van der Waals surface area contributed by atoms with Crippen molar-refractivity contribution in [2.75, 3.05) is 0 Å². The number of terminal acetylenes is 1. The maximum atomic E-state index is 11.2. The number of hydrogen-bond donors (Lipinski definition) is 0. The molecule has 0 radical (unpaired) electrons. The molecule has 1 rings (SSSR count). The van der Waals surface area contributed by atoms with E-state index in [1.807, 2.05) is 13.8 Å². The van der Waals surface area contributed by atoms with Crippen LogP contribution in [0.5, 0.6) is 0 Å². The predicted molar refractivity (Wildman–Crippen MR) is 49.0 cm³/mol. The number of aromatic nitrogens is 1. The Morgan fingerprint density at radius 1 is 1.50 bits per heavy atom. The van der Waals surface area contributed by atoms with Gasteiger partial charge in [0.15, 0.2) is 0 Å². The molecule has 12 heavy (non-hydrogen) atoms. The molecule has 1 aromatic rings. The van der Waals surface area contributed by atoms with Crippen molar-refractivity contribution in [2.45, 2.75) is 19.9 Å². The lowest BCUT2D eigenvalue weighted by Gasteiger charge is -2.08. The van der Waals surface area contributed by atoms with E-state index >= 15 is 0 Å². The molecule has 1 heterocycles. The third-order valence-electron chi connectivity index (χ3n) is 1.66. The average Bonchev–Trinajstić information content (AvgIpc) is 2.05. The predicted octanol–water partition coefficient (Wildman–Crippen LogP) is 1.41. The van der Waals surface area contributed by atoms with E-state index in [1.54, 1.807) is 16.8 Å². The number of hydrogen-bond acceptors (Lipinski definition) is 1. The minimum absolute atomic E-state index is 0.0102. The van der Waals surface area contributed by atoms with Crippen LogP contribution in [0.4, 0.5) is 0 Å². The molecule has 0 saturated carbocycles. The van der Waals surface area contributed by atoms with Crippen molar-refractivity contribution in [3.63, 3.8) is 0 Å². The Morgan fingerprint density at radius 2 is 2.17 bits per heavy atom. The molecule has 0 amide bonds. The molecule has 0 aliphatic heterocycles. The summed E-state index contributed by atoms with van der Waals surface area (Å²) in [6.45, 7) is 3.89. The van der Waals surface area contributed by atoms with Crippen molar-refractivity contribution in [3.8, 4) is 12.3 Å². The van der Waals surface area contributed by atoms with E-state index in [2.05, 4.69) is 5.92 Å². The summed E-state index contributed by atoms with van der Waals surface area (Å²) in [6, 6.07) is 3.31. The van der Waals surface area contributed by atoms with Gasteiger partial charge in [-0.15, -0.1) is 6.42 Å². The number of pyridine rings is 1. The highest BCUT2D eigenvalue weighted by molar-refractivity contribution is 5.28. The quantitative estimate of drug-likeness (QED) is 0.571. The molecule has 2 nitrogen and oxygen atoms in total. The summed E-state index contributed by atoms with van der Waals surface area (Å²) in [5, 5.41) is 0. The van der Waals surface area contributed by atoms with Crippen LogP contribution < -0.4 is 5.56 Å². The Labute approximate surface area is 71.8 Å². The monoisotopic (exact) mass is 161 g/mol. The van der Waals surface area contributed by atoms with Gasteiger partial charge in [0.25, 0.3) is 5.56 Å². The van der Waals surface area contributed by atoms with E-state index in [0.717, 1.165) is 5.56 Å². The largest absolute Gasteiger partial charge is 0.312 e. The SMILES string of the molecule is C#Cc1ccc(=O)n(C(C)C)c1. The van der Waals surface area contributed by atoms with E-state index in [4.69, 9.17) is 6.42 Å². The van der Waals surface area contributed by atoms with Crippen LogP contribution >= 0.6 is 0 Å². The van der Waals surface area contributed by atoms with Crippen molar-refractivity contribution in [1.82, 2.24) is 4.57 Å². The summed E-state index contributed by atoms with van der Waals surface area (Å²) < 4.78 is 1.62. The second-order valence-corrected chi connectivity index (χ2v) is 2.90. The summed E-state index contributed by atoms with van der Waals surface area (Å²) in [6.07, 6.45) is 6.90. The summed E-state index contributed by atoms with van der Waals surface area (Å²) >= 11 is 0. The highest BCUT2D eigenvalue weighted by Crippen LogP contribution is 2.01. The zero-order valence-corrected chi connectivity index (χ0v) is 7.24. The number of nitrogens with zero attached hydrogens (tertiary/aromatic N) is 1. The van der Waals surface area contributed by atoms with E-state index in [1.165, 1.54) is 6.07 Å². The molecule has 0 unspecified atom stereocenters. The van der Waals surface area contributed by atoms with Crippen LogP contribution in [0, 0.1) is 12.3 Å². The summed E-state index contributed by atoms with van der Waals surface area (Å²) in [4.78, 5) is 11.2.